The summed E-state index contributed by atoms with van der Waals surface area (Å²) in [7, 11) is -4.06. The Morgan fingerprint density at radius 2 is 1.85 bits per heavy atom. The van der Waals surface area contributed by atoms with Gasteiger partial charge in [0.05, 0.1) is 29.3 Å². The van der Waals surface area contributed by atoms with Crippen LogP contribution in [-0.2, 0) is 10.0 Å². The molecule has 33 heavy (non-hydrogen) atoms. The van der Waals surface area contributed by atoms with Crippen molar-refractivity contribution in [2.24, 2.45) is 0 Å². The van der Waals surface area contributed by atoms with E-state index in [-0.39, 0.29) is 15.7 Å². The molecular weight excluding hydrogens is 468 g/mol. The molecule has 170 valence electrons. The molecule has 0 unspecified atom stereocenters. The van der Waals surface area contributed by atoms with Crippen LogP contribution in [0.25, 0.3) is 22.4 Å². The first-order chi connectivity index (χ1) is 15.8. The fraction of sp³-hybridized carbons (Fsp3) is 0.190. The third-order valence-electron chi connectivity index (χ3n) is 5.11. The van der Waals surface area contributed by atoms with Gasteiger partial charge >= 0.3 is 0 Å². The molecule has 12 heteroatoms. The second-order valence-electron chi connectivity index (χ2n) is 7.41. The normalized spacial score (nSPS) is 13.6. The zero-order chi connectivity index (χ0) is 23.2. The molecule has 0 saturated carbocycles. The maximum absolute atomic E-state index is 13.2. The smallest absolute Gasteiger partial charge is 0.267 e. The van der Waals surface area contributed by atoms with E-state index in [9.17, 15) is 8.42 Å². The molecule has 0 spiro atoms. The van der Waals surface area contributed by atoms with E-state index in [2.05, 4.69) is 24.9 Å². The van der Waals surface area contributed by atoms with Crippen molar-refractivity contribution in [2.75, 3.05) is 23.7 Å². The summed E-state index contributed by atoms with van der Waals surface area (Å²) < 4.78 is 40.1. The third-order valence-corrected chi connectivity index (χ3v) is 6.98. The number of aromatic amines is 1. The summed E-state index contributed by atoms with van der Waals surface area (Å²) in [5.41, 5.74) is 8.04. The first kappa shape index (κ1) is 21.3. The van der Waals surface area contributed by atoms with Crippen LogP contribution >= 0.6 is 11.6 Å². The molecule has 1 aliphatic rings. The first-order valence-corrected chi connectivity index (χ1v) is 11.9. The Morgan fingerprint density at radius 1 is 1.09 bits per heavy atom. The summed E-state index contributed by atoms with van der Waals surface area (Å²) in [5, 5.41) is 7.50. The summed E-state index contributed by atoms with van der Waals surface area (Å²) in [6.07, 6.45) is 0.638. The second-order valence-corrected chi connectivity index (χ2v) is 9.43. The van der Waals surface area contributed by atoms with E-state index in [1.807, 2.05) is 6.92 Å². The number of benzene rings is 2. The minimum absolute atomic E-state index is 0.0406. The van der Waals surface area contributed by atoms with Crippen LogP contribution in [0.3, 0.4) is 0 Å². The number of nitrogens with zero attached hydrogens (tertiary/aromatic N) is 3. The lowest BCUT2D eigenvalue weighted by atomic mass is 10.2. The maximum atomic E-state index is 13.2. The van der Waals surface area contributed by atoms with Crippen LogP contribution in [-0.4, -0.2) is 41.8 Å². The fourth-order valence-electron chi connectivity index (χ4n) is 3.58. The van der Waals surface area contributed by atoms with E-state index in [0.717, 1.165) is 0 Å². The Bertz CT molecular complexity index is 1470. The molecule has 4 aromatic rings. The van der Waals surface area contributed by atoms with E-state index >= 15 is 0 Å². The van der Waals surface area contributed by atoms with Crippen LogP contribution in [0.4, 0.5) is 11.5 Å². The Morgan fingerprint density at radius 3 is 2.64 bits per heavy atom. The van der Waals surface area contributed by atoms with Gasteiger partial charge in [0.2, 0.25) is 0 Å². The van der Waals surface area contributed by atoms with Crippen molar-refractivity contribution in [3.8, 4) is 22.9 Å². The molecule has 0 saturated heterocycles. The van der Waals surface area contributed by atoms with Crippen molar-refractivity contribution in [1.82, 2.24) is 20.2 Å². The summed E-state index contributed by atoms with van der Waals surface area (Å²) in [4.78, 5) is 8.76. The molecule has 1 aliphatic heterocycles. The number of nitrogen functional groups attached to an aromatic ring is 1. The lowest BCUT2D eigenvalue weighted by Gasteiger charge is -2.15. The molecule has 5 rings (SSSR count). The molecule has 3 heterocycles. The summed E-state index contributed by atoms with van der Waals surface area (Å²) in [6.45, 7) is 2.58. The van der Waals surface area contributed by atoms with Gasteiger partial charge in [-0.15, -0.1) is 0 Å². The summed E-state index contributed by atoms with van der Waals surface area (Å²) >= 11 is 6.25. The van der Waals surface area contributed by atoms with Gasteiger partial charge < -0.3 is 15.2 Å². The number of hydrogen-bond donors (Lipinski definition) is 3. The number of fused-ring (bicyclic) bond motifs is 2. The highest BCUT2D eigenvalue weighted by Gasteiger charge is 2.28. The van der Waals surface area contributed by atoms with Crippen LogP contribution in [0, 0.1) is 6.92 Å². The molecule has 0 atom stereocenters. The number of anilines is 2. The quantitative estimate of drug-likeness (QED) is 0.397. The lowest BCUT2D eigenvalue weighted by molar-refractivity contribution is 0.295. The van der Waals surface area contributed by atoms with E-state index in [4.69, 9.17) is 26.8 Å². The molecule has 0 aliphatic carbocycles. The highest BCUT2D eigenvalue weighted by Crippen LogP contribution is 2.41. The van der Waals surface area contributed by atoms with E-state index in [1.165, 1.54) is 6.07 Å². The molecule has 2 aromatic heterocycles. The van der Waals surface area contributed by atoms with Crippen molar-refractivity contribution in [3.05, 3.63) is 47.1 Å². The number of aromatic nitrogens is 4. The van der Waals surface area contributed by atoms with Gasteiger partial charge in [-0.2, -0.15) is 5.10 Å². The van der Waals surface area contributed by atoms with E-state index in [0.29, 0.717) is 65.0 Å². The van der Waals surface area contributed by atoms with Crippen molar-refractivity contribution in [3.63, 3.8) is 0 Å². The highest BCUT2D eigenvalue weighted by molar-refractivity contribution is 7.93. The number of nitrogens with one attached hydrogen (secondary N) is 2. The van der Waals surface area contributed by atoms with Crippen LogP contribution < -0.4 is 19.9 Å². The van der Waals surface area contributed by atoms with Crippen LogP contribution in [0.15, 0.2) is 41.3 Å². The van der Waals surface area contributed by atoms with E-state index in [1.54, 1.807) is 30.3 Å². The molecular formula is C21H19ClN6O4S. The molecule has 0 bridgehead atoms. The molecule has 2 aromatic carbocycles. The van der Waals surface area contributed by atoms with E-state index < -0.39 is 10.0 Å². The summed E-state index contributed by atoms with van der Waals surface area (Å²) in [5.74, 6) is 1.31. The second kappa shape index (κ2) is 8.09. The predicted octanol–water partition coefficient (Wildman–Crippen LogP) is 3.53. The largest absolute Gasteiger partial charge is 0.490 e. The number of halogens is 1. The zero-order valence-electron chi connectivity index (χ0n) is 17.4. The van der Waals surface area contributed by atoms with Gasteiger partial charge in [0.1, 0.15) is 5.82 Å². The number of ether oxygens (including phenoxy) is 2. The number of hydrogen-bond acceptors (Lipinski definition) is 8. The first-order valence-electron chi connectivity index (χ1n) is 10.0. The van der Waals surface area contributed by atoms with Gasteiger partial charge in [-0.05, 0) is 43.3 Å². The molecule has 0 radical (unpaired) electrons. The topological polar surface area (TPSA) is 145 Å². The minimum atomic E-state index is -4.06. The maximum Gasteiger partial charge on any atom is 0.267 e. The van der Waals surface area contributed by atoms with Crippen LogP contribution in [0.1, 0.15) is 12.1 Å². The summed E-state index contributed by atoms with van der Waals surface area (Å²) in [6, 6.07) is 9.72. The fourth-order valence-corrected chi connectivity index (χ4v) is 5.31. The Kier molecular flexibility index (Phi) is 5.22. The SMILES string of the molecule is Cc1nc(-c2ccc(NS(=O)(=O)c3c(Cl)ccc4c3OCCCO4)cc2)nc2n[nH]c(N)c12. The van der Waals surface area contributed by atoms with Crippen LogP contribution in [0.2, 0.25) is 5.02 Å². The Balaban J connectivity index is 1.45. The van der Waals surface area contributed by atoms with Crippen molar-refractivity contribution >= 4 is 44.2 Å². The lowest BCUT2D eigenvalue weighted by Crippen LogP contribution is -2.15. The average Bonchev–Trinajstić information content (AvgIpc) is 3.00. The Labute approximate surface area is 194 Å². The third kappa shape index (κ3) is 3.89. The molecule has 10 nitrogen and oxygen atoms in total. The number of sulfonamides is 1. The average molecular weight is 487 g/mol. The number of aryl methyl sites for hydroxylation is 1. The number of H-pyrrole nitrogens is 1. The number of nitrogens with two attached hydrogens (primary N) is 1. The molecule has 0 amide bonds. The van der Waals surface area contributed by atoms with Crippen molar-refractivity contribution in [1.29, 1.82) is 0 Å². The Hall–Kier alpha value is -3.57. The molecule has 0 fully saturated rings. The van der Waals surface area contributed by atoms with Gasteiger partial charge in [0, 0.05) is 17.7 Å². The van der Waals surface area contributed by atoms with Crippen molar-refractivity contribution in [2.45, 2.75) is 18.2 Å². The monoisotopic (exact) mass is 486 g/mol. The van der Waals surface area contributed by atoms with Gasteiger partial charge in [-0.3, -0.25) is 9.82 Å². The van der Waals surface area contributed by atoms with Gasteiger partial charge in [-0.1, -0.05) is 11.6 Å². The minimum Gasteiger partial charge on any atom is -0.490 e. The van der Waals surface area contributed by atoms with Crippen LogP contribution in [0.5, 0.6) is 11.5 Å². The highest BCUT2D eigenvalue weighted by atomic mass is 35.5. The zero-order valence-corrected chi connectivity index (χ0v) is 19.0. The molecule has 4 N–H and O–H groups in total. The van der Waals surface area contributed by atoms with Crippen molar-refractivity contribution < 1.29 is 17.9 Å². The van der Waals surface area contributed by atoms with Gasteiger partial charge in [-0.25, -0.2) is 18.4 Å². The predicted molar refractivity (Wildman–Crippen MR) is 124 cm³/mol. The van der Waals surface area contributed by atoms with Gasteiger partial charge in [0.25, 0.3) is 10.0 Å². The standard InChI is InChI=1S/C21H19ClN6O4S/c1-11-16-19(23)26-27-21(16)25-20(24-11)12-3-5-13(6-4-12)28-33(29,30)18-14(22)7-8-15-17(18)32-10-2-9-31-15/h3-8,28H,2,9-10H2,1H3,(H3,23,24,25,26,27). The number of rotatable bonds is 4. The van der Waals surface area contributed by atoms with Gasteiger partial charge in [0.15, 0.2) is 27.9 Å².